The lowest BCUT2D eigenvalue weighted by atomic mass is 10.2. The zero-order valence-corrected chi connectivity index (χ0v) is 9.09. The summed E-state index contributed by atoms with van der Waals surface area (Å²) in [7, 11) is 0. The third kappa shape index (κ3) is 2.67. The summed E-state index contributed by atoms with van der Waals surface area (Å²) in [5, 5.41) is 4.14. The summed E-state index contributed by atoms with van der Waals surface area (Å²) in [6.07, 6.45) is 3.52. The average Bonchev–Trinajstić information content (AvgIpc) is 2.33. The van der Waals surface area contributed by atoms with Crippen molar-refractivity contribution in [3.05, 3.63) is 59.8 Å². The molecule has 0 saturated carbocycles. The minimum Gasteiger partial charge on any atom is -0.261 e. The fourth-order valence-electron chi connectivity index (χ4n) is 1.31. The zero-order valence-electron chi connectivity index (χ0n) is 9.09. The third-order valence-electron chi connectivity index (χ3n) is 2.19. The van der Waals surface area contributed by atoms with Crippen LogP contribution in [-0.4, -0.2) is 11.2 Å². The lowest BCUT2D eigenvalue weighted by molar-refractivity contribution is 1.19. The predicted molar refractivity (Wildman–Crippen MR) is 66.6 cm³/mol. The Kier molecular flexibility index (Phi) is 3.28. The minimum atomic E-state index is 0.787. The van der Waals surface area contributed by atoms with Crippen molar-refractivity contribution in [3.8, 4) is 0 Å². The number of aromatic nitrogens is 1. The van der Waals surface area contributed by atoms with E-state index in [-0.39, 0.29) is 0 Å². The molecule has 0 aliphatic heterocycles. The van der Waals surface area contributed by atoms with Gasteiger partial charge in [0.2, 0.25) is 0 Å². The number of aryl methyl sites for hydroxylation is 1. The Morgan fingerprint density at radius 2 is 1.94 bits per heavy atom. The van der Waals surface area contributed by atoms with E-state index in [4.69, 9.17) is 0 Å². The Morgan fingerprint density at radius 1 is 1.12 bits per heavy atom. The molecule has 0 saturated heterocycles. The molecule has 1 aromatic carbocycles. The summed E-state index contributed by atoms with van der Waals surface area (Å²) in [6, 6.07) is 13.8. The highest BCUT2D eigenvalue weighted by Crippen LogP contribution is 2.08. The van der Waals surface area contributed by atoms with Crippen molar-refractivity contribution in [3.63, 3.8) is 0 Å². The Hall–Kier alpha value is -2.16. The maximum atomic E-state index is 4.18. The largest absolute Gasteiger partial charge is 0.261 e. The fourth-order valence-corrected chi connectivity index (χ4v) is 1.31. The van der Waals surface area contributed by atoms with E-state index in [1.807, 2.05) is 49.4 Å². The van der Waals surface area contributed by atoms with Crippen molar-refractivity contribution >= 4 is 12.0 Å². The van der Waals surface area contributed by atoms with Gasteiger partial charge in [-0.05, 0) is 24.1 Å². The van der Waals surface area contributed by atoms with Crippen LogP contribution in [0.2, 0.25) is 0 Å². The fraction of sp³-hybridized carbons (Fsp3) is 0.0769. The molecule has 2 aromatic rings. The van der Waals surface area contributed by atoms with E-state index >= 15 is 0 Å². The Labute approximate surface area is 94.9 Å². The molecule has 1 aromatic heterocycles. The van der Waals surface area contributed by atoms with Gasteiger partial charge in [0.05, 0.1) is 6.21 Å². The predicted octanol–water partition coefficient (Wildman–Crippen LogP) is 2.84. The van der Waals surface area contributed by atoms with Crippen LogP contribution in [0.5, 0.6) is 0 Å². The van der Waals surface area contributed by atoms with Crippen molar-refractivity contribution in [2.45, 2.75) is 6.92 Å². The van der Waals surface area contributed by atoms with Gasteiger partial charge >= 0.3 is 0 Å². The highest BCUT2D eigenvalue weighted by atomic mass is 15.3. The Balaban J connectivity index is 2.03. The van der Waals surface area contributed by atoms with Crippen LogP contribution < -0.4 is 5.43 Å². The number of pyridine rings is 1. The van der Waals surface area contributed by atoms with Gasteiger partial charge in [0, 0.05) is 6.20 Å². The van der Waals surface area contributed by atoms with E-state index in [1.54, 1.807) is 12.4 Å². The lowest BCUT2D eigenvalue weighted by Crippen LogP contribution is -1.95. The van der Waals surface area contributed by atoms with Crippen LogP contribution in [-0.2, 0) is 0 Å². The van der Waals surface area contributed by atoms with Gasteiger partial charge in [-0.25, -0.2) is 4.98 Å². The molecule has 0 radical (unpaired) electrons. The topological polar surface area (TPSA) is 37.3 Å². The number of benzene rings is 1. The molecule has 0 amide bonds. The first kappa shape index (κ1) is 10.4. The summed E-state index contributed by atoms with van der Waals surface area (Å²) >= 11 is 0. The maximum absolute atomic E-state index is 4.18. The molecule has 1 heterocycles. The van der Waals surface area contributed by atoms with Crippen LogP contribution in [0.25, 0.3) is 0 Å². The van der Waals surface area contributed by atoms with Crippen LogP contribution in [0.15, 0.2) is 53.8 Å². The SMILES string of the molecule is Cc1cccnc1N/N=C/c1ccccc1. The number of nitrogens with one attached hydrogen (secondary N) is 1. The van der Waals surface area contributed by atoms with Gasteiger partial charge < -0.3 is 0 Å². The average molecular weight is 211 g/mol. The minimum absolute atomic E-state index is 0.787. The van der Waals surface area contributed by atoms with Gasteiger partial charge in [-0.15, -0.1) is 0 Å². The van der Waals surface area contributed by atoms with Crippen molar-refractivity contribution in [1.82, 2.24) is 4.98 Å². The first-order valence-electron chi connectivity index (χ1n) is 5.12. The molecule has 2 rings (SSSR count). The molecule has 0 spiro atoms. The molecule has 0 aliphatic rings. The Morgan fingerprint density at radius 3 is 2.69 bits per heavy atom. The number of nitrogens with zero attached hydrogens (tertiary/aromatic N) is 2. The highest BCUT2D eigenvalue weighted by Gasteiger charge is 1.94. The number of hydrogen-bond acceptors (Lipinski definition) is 3. The van der Waals surface area contributed by atoms with E-state index in [0.717, 1.165) is 16.9 Å². The lowest BCUT2D eigenvalue weighted by Gasteiger charge is -2.01. The molecular weight excluding hydrogens is 198 g/mol. The number of hydrazone groups is 1. The second-order valence-electron chi connectivity index (χ2n) is 3.45. The van der Waals surface area contributed by atoms with Crippen molar-refractivity contribution in [1.29, 1.82) is 0 Å². The van der Waals surface area contributed by atoms with Crippen molar-refractivity contribution in [2.24, 2.45) is 5.10 Å². The summed E-state index contributed by atoms with van der Waals surface area (Å²) in [5.41, 5.74) is 5.06. The smallest absolute Gasteiger partial charge is 0.149 e. The second kappa shape index (κ2) is 5.07. The molecule has 0 aliphatic carbocycles. The van der Waals surface area contributed by atoms with E-state index in [9.17, 15) is 0 Å². The summed E-state index contributed by atoms with van der Waals surface area (Å²) in [4.78, 5) is 4.18. The van der Waals surface area contributed by atoms with Gasteiger partial charge in [0.1, 0.15) is 5.82 Å². The number of anilines is 1. The van der Waals surface area contributed by atoms with Crippen LogP contribution in [0.3, 0.4) is 0 Å². The Bertz CT molecular complexity index is 478. The second-order valence-corrected chi connectivity index (χ2v) is 3.45. The standard InChI is InChI=1S/C13H13N3/c1-11-6-5-9-14-13(11)16-15-10-12-7-3-2-4-8-12/h2-10H,1H3,(H,14,16)/b15-10+. The van der Waals surface area contributed by atoms with Crippen molar-refractivity contribution < 1.29 is 0 Å². The van der Waals surface area contributed by atoms with E-state index < -0.39 is 0 Å². The first-order chi connectivity index (χ1) is 7.86. The third-order valence-corrected chi connectivity index (χ3v) is 2.19. The normalized spacial score (nSPS) is 10.6. The number of rotatable bonds is 3. The molecule has 0 unspecified atom stereocenters. The van der Waals surface area contributed by atoms with Gasteiger partial charge in [-0.1, -0.05) is 36.4 Å². The van der Waals surface area contributed by atoms with E-state index in [1.165, 1.54) is 0 Å². The zero-order chi connectivity index (χ0) is 11.2. The highest BCUT2D eigenvalue weighted by molar-refractivity contribution is 5.79. The summed E-state index contributed by atoms with van der Waals surface area (Å²) in [6.45, 7) is 1.99. The molecular formula is C13H13N3. The molecule has 3 heteroatoms. The molecule has 80 valence electrons. The summed E-state index contributed by atoms with van der Waals surface area (Å²) < 4.78 is 0. The van der Waals surface area contributed by atoms with Crippen LogP contribution in [0, 0.1) is 6.92 Å². The van der Waals surface area contributed by atoms with Gasteiger partial charge in [0.15, 0.2) is 0 Å². The molecule has 0 bridgehead atoms. The van der Waals surface area contributed by atoms with E-state index in [0.29, 0.717) is 0 Å². The molecule has 0 fully saturated rings. The quantitative estimate of drug-likeness (QED) is 0.626. The van der Waals surface area contributed by atoms with Gasteiger partial charge in [-0.2, -0.15) is 5.10 Å². The van der Waals surface area contributed by atoms with Gasteiger partial charge in [-0.3, -0.25) is 5.43 Å². The molecule has 16 heavy (non-hydrogen) atoms. The molecule has 0 atom stereocenters. The van der Waals surface area contributed by atoms with Crippen LogP contribution in [0.1, 0.15) is 11.1 Å². The van der Waals surface area contributed by atoms with Crippen molar-refractivity contribution in [2.75, 3.05) is 5.43 Å². The van der Waals surface area contributed by atoms with E-state index in [2.05, 4.69) is 15.5 Å². The van der Waals surface area contributed by atoms with Crippen LogP contribution >= 0.6 is 0 Å². The first-order valence-corrected chi connectivity index (χ1v) is 5.12. The van der Waals surface area contributed by atoms with Gasteiger partial charge in [0.25, 0.3) is 0 Å². The van der Waals surface area contributed by atoms with Crippen LogP contribution in [0.4, 0.5) is 5.82 Å². The number of hydrogen-bond donors (Lipinski definition) is 1. The monoisotopic (exact) mass is 211 g/mol. The summed E-state index contributed by atoms with van der Waals surface area (Å²) in [5.74, 6) is 0.787. The maximum Gasteiger partial charge on any atom is 0.149 e. The molecule has 1 N–H and O–H groups in total. The molecule has 3 nitrogen and oxygen atoms in total.